The number of anilines is 1. The van der Waals surface area contributed by atoms with E-state index in [4.69, 9.17) is 9.47 Å². The topological polar surface area (TPSA) is 64.5 Å². The Hall–Kier alpha value is -3.29. The summed E-state index contributed by atoms with van der Waals surface area (Å²) in [4.78, 5) is 12.9. The Labute approximate surface area is 210 Å². The minimum Gasteiger partial charge on any atom is -0.497 e. The van der Waals surface area contributed by atoms with Crippen molar-refractivity contribution < 1.29 is 14.3 Å². The van der Waals surface area contributed by atoms with Gasteiger partial charge in [-0.05, 0) is 85.8 Å². The molecule has 4 aromatic rings. The van der Waals surface area contributed by atoms with Crippen LogP contribution in [-0.4, -0.2) is 30.7 Å². The number of ether oxygens (including phenoxy) is 2. The lowest BCUT2D eigenvalue weighted by molar-refractivity contribution is 0.101. The molecule has 1 saturated heterocycles. The number of carbonyl (C=O) groups is 1. The summed E-state index contributed by atoms with van der Waals surface area (Å²) in [5.41, 5.74) is 4.44. The summed E-state index contributed by atoms with van der Waals surface area (Å²) < 4.78 is 14.1. The Kier molecular flexibility index (Phi) is 8.10. The van der Waals surface area contributed by atoms with E-state index in [1.165, 1.54) is 19.5 Å². The highest BCUT2D eigenvalue weighted by molar-refractivity contribution is 7.17. The van der Waals surface area contributed by atoms with Crippen LogP contribution in [0.25, 0.3) is 10.2 Å². The monoisotopic (exact) mass is 491 g/mol. The lowest BCUT2D eigenvalue weighted by atomic mass is 10.1. The quantitative estimate of drug-likeness (QED) is 0.347. The molecule has 1 atom stereocenters. The highest BCUT2D eigenvalue weighted by Crippen LogP contribution is 2.26. The van der Waals surface area contributed by atoms with Crippen molar-refractivity contribution in [2.24, 2.45) is 13.0 Å². The van der Waals surface area contributed by atoms with Crippen LogP contribution in [-0.2, 0) is 13.7 Å². The number of nitrogens with one attached hydrogen (secondary N) is 2. The fraction of sp³-hybridized carbons (Fsp3) is 0.321. The number of thiophene rings is 1. The van der Waals surface area contributed by atoms with Crippen LogP contribution in [0, 0.1) is 12.8 Å². The molecule has 5 rings (SSSR count). The Morgan fingerprint density at radius 1 is 1.14 bits per heavy atom. The molecule has 0 spiro atoms. The summed E-state index contributed by atoms with van der Waals surface area (Å²) in [7, 11) is 3.54. The molecule has 1 aliphatic rings. The van der Waals surface area contributed by atoms with Crippen LogP contribution in [0.5, 0.6) is 11.5 Å². The Morgan fingerprint density at radius 3 is 2.54 bits per heavy atom. The number of carbonyl (C=O) groups excluding carboxylic acids is 1. The zero-order valence-electron chi connectivity index (χ0n) is 20.8. The predicted molar refractivity (Wildman–Crippen MR) is 144 cm³/mol. The van der Waals surface area contributed by atoms with Gasteiger partial charge in [0.25, 0.3) is 5.91 Å². The molecule has 3 heterocycles. The molecule has 35 heavy (non-hydrogen) atoms. The average molecular weight is 492 g/mol. The van der Waals surface area contributed by atoms with Gasteiger partial charge in [-0.25, -0.2) is 0 Å². The van der Waals surface area contributed by atoms with E-state index in [-0.39, 0.29) is 5.91 Å². The summed E-state index contributed by atoms with van der Waals surface area (Å²) in [6.07, 6.45) is 1.38. The Bertz CT molecular complexity index is 1270. The maximum Gasteiger partial charge on any atom is 0.272 e. The zero-order chi connectivity index (χ0) is 24.8. The molecule has 2 aromatic carbocycles. The van der Waals surface area contributed by atoms with Gasteiger partial charge in [0, 0.05) is 18.3 Å². The van der Waals surface area contributed by atoms with Crippen LogP contribution in [0.3, 0.4) is 0 Å². The number of hydrogen-bond donors (Lipinski definition) is 2. The van der Waals surface area contributed by atoms with Gasteiger partial charge in [-0.15, -0.1) is 11.3 Å². The summed E-state index contributed by atoms with van der Waals surface area (Å²) >= 11 is 1.63. The van der Waals surface area contributed by atoms with E-state index in [2.05, 4.69) is 17.6 Å². The second-order valence-electron chi connectivity index (χ2n) is 8.94. The average Bonchev–Trinajstić information content (AvgIpc) is 3.59. The van der Waals surface area contributed by atoms with Gasteiger partial charge in [0.15, 0.2) is 0 Å². The van der Waals surface area contributed by atoms with E-state index in [0.717, 1.165) is 44.4 Å². The molecule has 0 radical (unpaired) electrons. The second kappa shape index (κ2) is 11.4. The minimum atomic E-state index is -0.132. The second-order valence-corrected chi connectivity index (χ2v) is 9.88. The highest BCUT2D eigenvalue weighted by Gasteiger charge is 2.16. The molecule has 6 nitrogen and oxygen atoms in total. The van der Waals surface area contributed by atoms with Crippen molar-refractivity contribution in [2.75, 3.05) is 25.5 Å². The van der Waals surface area contributed by atoms with Crippen LogP contribution < -0.4 is 20.1 Å². The molecule has 0 saturated carbocycles. The number of hydrogen-bond acceptors (Lipinski definition) is 5. The van der Waals surface area contributed by atoms with Crippen LogP contribution in [0.2, 0.25) is 0 Å². The van der Waals surface area contributed by atoms with Crippen molar-refractivity contribution in [3.05, 3.63) is 76.8 Å². The van der Waals surface area contributed by atoms with E-state index in [1.54, 1.807) is 18.4 Å². The van der Waals surface area contributed by atoms with Gasteiger partial charge in [-0.2, -0.15) is 0 Å². The molecule has 1 aliphatic heterocycles. The molecule has 0 bridgehead atoms. The number of fused-ring (bicyclic) bond motifs is 1. The van der Waals surface area contributed by atoms with E-state index in [9.17, 15) is 4.79 Å². The number of benzene rings is 2. The van der Waals surface area contributed by atoms with Gasteiger partial charge in [0.2, 0.25) is 0 Å². The van der Waals surface area contributed by atoms with Crippen molar-refractivity contribution in [3.8, 4) is 11.5 Å². The molecule has 1 unspecified atom stereocenters. The van der Waals surface area contributed by atoms with Crippen molar-refractivity contribution >= 4 is 33.1 Å². The van der Waals surface area contributed by atoms with E-state index in [1.807, 2.05) is 78.5 Å². The molecule has 0 aliphatic carbocycles. The zero-order valence-corrected chi connectivity index (χ0v) is 21.6. The normalized spacial score (nSPS) is 14.9. The fourth-order valence-electron chi connectivity index (χ4n) is 4.02. The molecule has 184 valence electrons. The van der Waals surface area contributed by atoms with Crippen LogP contribution in [0.1, 0.15) is 35.0 Å². The summed E-state index contributed by atoms with van der Waals surface area (Å²) in [6.45, 7) is 7.11. The molecule has 2 N–H and O–H groups in total. The maximum atomic E-state index is 12.9. The van der Waals surface area contributed by atoms with E-state index in [0.29, 0.717) is 12.3 Å². The summed E-state index contributed by atoms with van der Waals surface area (Å²) in [5, 5.41) is 8.36. The van der Waals surface area contributed by atoms with Crippen LogP contribution in [0.4, 0.5) is 5.69 Å². The number of aromatic nitrogens is 1. The smallest absolute Gasteiger partial charge is 0.272 e. The first-order valence-corrected chi connectivity index (χ1v) is 12.7. The molecule has 1 amide bonds. The molecule has 7 heteroatoms. The first-order chi connectivity index (χ1) is 16.9. The Morgan fingerprint density at radius 2 is 1.91 bits per heavy atom. The van der Waals surface area contributed by atoms with E-state index < -0.39 is 0 Å². The molecule has 1 fully saturated rings. The maximum absolute atomic E-state index is 12.9. The first kappa shape index (κ1) is 24.8. The lowest BCUT2D eigenvalue weighted by Gasteiger charge is -2.14. The third-order valence-corrected chi connectivity index (χ3v) is 7.02. The van der Waals surface area contributed by atoms with Crippen LogP contribution in [0.15, 0.2) is 60.0 Å². The SMILES string of the molecule is CC1CCNC1.COc1ccc(OCc2ccc(C)cc2NC(=O)c2cc3sccc3n2C)cc1. The molecular formula is C28H33N3O3S. The Balaban J connectivity index is 0.000000421. The predicted octanol–water partition coefficient (Wildman–Crippen LogP) is 6.00. The van der Waals surface area contributed by atoms with Gasteiger partial charge in [-0.1, -0.05) is 19.1 Å². The first-order valence-electron chi connectivity index (χ1n) is 11.9. The van der Waals surface area contributed by atoms with Gasteiger partial charge in [-0.3, -0.25) is 4.79 Å². The molecular weight excluding hydrogens is 458 g/mol. The van der Waals surface area contributed by atoms with Crippen molar-refractivity contribution in [2.45, 2.75) is 26.9 Å². The summed E-state index contributed by atoms with van der Waals surface area (Å²) in [6, 6.07) is 17.4. The third-order valence-electron chi connectivity index (χ3n) is 6.17. The lowest BCUT2D eigenvalue weighted by Crippen LogP contribution is -2.17. The van der Waals surface area contributed by atoms with Gasteiger partial charge >= 0.3 is 0 Å². The third kappa shape index (κ3) is 6.24. The van der Waals surface area contributed by atoms with Gasteiger partial charge < -0.3 is 24.7 Å². The number of methoxy groups -OCH3 is 1. The summed E-state index contributed by atoms with van der Waals surface area (Å²) in [5.74, 6) is 2.33. The standard InChI is InChI=1S/C23H22N2O3S.C5H11N/c1-15-4-5-16(14-28-18-8-6-17(27-3)7-9-18)19(12-15)24-23(26)21-13-22-20(25(21)2)10-11-29-22;1-5-2-3-6-4-5/h4-13H,14H2,1-3H3,(H,24,26);5-6H,2-4H2,1H3. The fourth-order valence-corrected chi connectivity index (χ4v) is 4.87. The number of amides is 1. The molecule has 2 aromatic heterocycles. The highest BCUT2D eigenvalue weighted by atomic mass is 32.1. The van der Waals surface area contributed by atoms with Gasteiger partial charge in [0.05, 0.1) is 17.3 Å². The number of rotatable bonds is 6. The van der Waals surface area contributed by atoms with Crippen molar-refractivity contribution in [3.63, 3.8) is 0 Å². The largest absolute Gasteiger partial charge is 0.497 e. The minimum absolute atomic E-state index is 0.132. The van der Waals surface area contributed by atoms with Crippen LogP contribution >= 0.6 is 11.3 Å². The number of nitrogens with zero attached hydrogens (tertiary/aromatic N) is 1. The van der Waals surface area contributed by atoms with Crippen molar-refractivity contribution in [1.82, 2.24) is 9.88 Å². The number of aryl methyl sites for hydroxylation is 2. The van der Waals surface area contributed by atoms with E-state index >= 15 is 0 Å². The van der Waals surface area contributed by atoms with Crippen molar-refractivity contribution in [1.29, 1.82) is 0 Å². The van der Waals surface area contributed by atoms with Gasteiger partial charge in [0.1, 0.15) is 23.8 Å².